The van der Waals surface area contributed by atoms with Gasteiger partial charge in [0.05, 0.1) is 17.9 Å². The van der Waals surface area contributed by atoms with Crippen LogP contribution in [-0.4, -0.2) is 49.8 Å². The molecule has 1 aliphatic rings. The van der Waals surface area contributed by atoms with Crippen molar-refractivity contribution in [2.75, 3.05) is 23.3 Å². The van der Waals surface area contributed by atoms with Gasteiger partial charge in [-0.15, -0.1) is 0 Å². The summed E-state index contributed by atoms with van der Waals surface area (Å²) in [5.74, 6) is -0.443. The van der Waals surface area contributed by atoms with Crippen molar-refractivity contribution in [1.29, 1.82) is 0 Å². The average molecular weight is 494 g/mol. The van der Waals surface area contributed by atoms with E-state index in [2.05, 4.69) is 20.3 Å². The third kappa shape index (κ3) is 4.95. The minimum atomic E-state index is -0.711. The first kappa shape index (κ1) is 23.6. The maximum Gasteiger partial charge on any atom is 0.222 e. The molecule has 0 radical (unpaired) electrons. The Morgan fingerprint density at radius 1 is 1.14 bits per heavy atom. The molecule has 11 heteroatoms. The van der Waals surface area contributed by atoms with Crippen LogP contribution in [-0.2, 0) is 11.3 Å². The second-order valence-electron chi connectivity index (χ2n) is 8.60. The zero-order chi connectivity index (χ0) is 25.2. The molecule has 0 unspecified atom stereocenters. The van der Waals surface area contributed by atoms with Crippen LogP contribution in [0.3, 0.4) is 0 Å². The molecule has 1 fully saturated rings. The van der Waals surface area contributed by atoms with E-state index < -0.39 is 11.6 Å². The maximum absolute atomic E-state index is 14.0. The molecule has 1 aliphatic heterocycles. The van der Waals surface area contributed by atoms with E-state index in [4.69, 9.17) is 14.7 Å². The van der Waals surface area contributed by atoms with Crippen LogP contribution in [0.25, 0.3) is 22.3 Å². The second-order valence-corrected chi connectivity index (χ2v) is 8.60. The van der Waals surface area contributed by atoms with Crippen molar-refractivity contribution >= 4 is 28.6 Å². The first-order valence-corrected chi connectivity index (χ1v) is 11.7. The van der Waals surface area contributed by atoms with Crippen molar-refractivity contribution in [3.8, 4) is 17.0 Å². The molecule has 1 saturated heterocycles. The van der Waals surface area contributed by atoms with E-state index in [1.807, 2.05) is 17.8 Å². The highest BCUT2D eigenvalue weighted by atomic mass is 19.1. The van der Waals surface area contributed by atoms with Gasteiger partial charge >= 0.3 is 0 Å². The number of fused-ring (bicyclic) bond motifs is 1. The number of carbonyl (C=O) groups excluding carboxylic acids is 1. The van der Waals surface area contributed by atoms with Crippen molar-refractivity contribution in [3.05, 3.63) is 54.5 Å². The Bertz CT molecular complexity index is 1420. The smallest absolute Gasteiger partial charge is 0.222 e. The van der Waals surface area contributed by atoms with Crippen molar-refractivity contribution in [1.82, 2.24) is 24.7 Å². The molecule has 1 N–H and O–H groups in total. The van der Waals surface area contributed by atoms with E-state index in [0.717, 1.165) is 18.2 Å². The second kappa shape index (κ2) is 9.84. The number of hydrogen-bond donors (Lipinski definition) is 1. The first-order valence-electron chi connectivity index (χ1n) is 11.7. The number of halogens is 2. The number of carbonyl (C=O) groups is 1. The summed E-state index contributed by atoms with van der Waals surface area (Å²) >= 11 is 0. The van der Waals surface area contributed by atoms with Gasteiger partial charge in [0, 0.05) is 63.3 Å². The van der Waals surface area contributed by atoms with Crippen LogP contribution in [0.5, 0.6) is 5.75 Å². The van der Waals surface area contributed by atoms with Crippen molar-refractivity contribution < 1.29 is 18.3 Å². The Kier molecular flexibility index (Phi) is 6.45. The van der Waals surface area contributed by atoms with Gasteiger partial charge in [-0.1, -0.05) is 0 Å². The van der Waals surface area contributed by atoms with Gasteiger partial charge < -0.3 is 15.0 Å². The maximum atomic E-state index is 14.0. The number of hydrogen-bond acceptors (Lipinski definition) is 7. The van der Waals surface area contributed by atoms with Gasteiger partial charge in [-0.2, -0.15) is 5.10 Å². The molecule has 4 heterocycles. The van der Waals surface area contributed by atoms with Gasteiger partial charge in [-0.25, -0.2) is 23.7 Å². The molecule has 4 aromatic rings. The number of amides is 1. The fourth-order valence-electron chi connectivity index (χ4n) is 4.21. The SMILES string of the molecule is CCn1cc(-c2nc3cnc(NC(C)=O)cc3nc2N2CCC(Oc3ccc(F)cc3F)CC2)cn1. The van der Waals surface area contributed by atoms with Crippen LogP contribution in [0.2, 0.25) is 0 Å². The van der Waals surface area contributed by atoms with Crippen LogP contribution in [0.4, 0.5) is 20.4 Å². The predicted octanol–water partition coefficient (Wildman–Crippen LogP) is 4.19. The number of pyridine rings is 1. The Labute approximate surface area is 206 Å². The van der Waals surface area contributed by atoms with E-state index in [-0.39, 0.29) is 17.8 Å². The Balaban J connectivity index is 1.44. The summed E-state index contributed by atoms with van der Waals surface area (Å²) in [5.41, 5.74) is 2.71. The monoisotopic (exact) mass is 493 g/mol. The molecule has 0 spiro atoms. The van der Waals surface area contributed by atoms with E-state index in [1.165, 1.54) is 19.1 Å². The highest BCUT2D eigenvalue weighted by Crippen LogP contribution is 2.32. The van der Waals surface area contributed by atoms with Gasteiger partial charge in [0.25, 0.3) is 0 Å². The molecule has 9 nitrogen and oxygen atoms in total. The zero-order valence-electron chi connectivity index (χ0n) is 19.9. The standard InChI is InChI=1S/C25H25F2N7O2/c1-3-34-14-16(12-29-34)24-25(32-20-11-23(30-15(2)35)28-13-21(20)31-24)33-8-6-18(7-9-33)36-22-5-4-17(26)10-19(22)27/h4-5,10-14,18H,3,6-9H2,1-2H3,(H,28,30,35). The lowest BCUT2D eigenvalue weighted by molar-refractivity contribution is -0.114. The number of anilines is 2. The number of benzene rings is 1. The van der Waals surface area contributed by atoms with Crippen LogP contribution in [0, 0.1) is 11.6 Å². The van der Waals surface area contributed by atoms with Crippen LogP contribution in [0.1, 0.15) is 26.7 Å². The van der Waals surface area contributed by atoms with Crippen molar-refractivity contribution in [3.63, 3.8) is 0 Å². The van der Waals surface area contributed by atoms with E-state index in [1.54, 1.807) is 18.5 Å². The molecule has 0 atom stereocenters. The molecule has 1 aromatic carbocycles. The Morgan fingerprint density at radius 3 is 2.64 bits per heavy atom. The largest absolute Gasteiger partial charge is 0.487 e. The molecular weight excluding hydrogens is 468 g/mol. The lowest BCUT2D eigenvalue weighted by atomic mass is 10.1. The van der Waals surface area contributed by atoms with Gasteiger partial charge in [0.1, 0.15) is 28.9 Å². The summed E-state index contributed by atoms with van der Waals surface area (Å²) < 4.78 is 34.9. The summed E-state index contributed by atoms with van der Waals surface area (Å²) in [7, 11) is 0. The molecule has 0 aliphatic carbocycles. The minimum Gasteiger partial charge on any atom is -0.487 e. The topological polar surface area (TPSA) is 98.1 Å². The fourth-order valence-corrected chi connectivity index (χ4v) is 4.21. The number of aromatic nitrogens is 5. The third-order valence-electron chi connectivity index (χ3n) is 6.00. The number of rotatable bonds is 6. The molecule has 0 bridgehead atoms. The zero-order valence-corrected chi connectivity index (χ0v) is 19.9. The van der Waals surface area contributed by atoms with Gasteiger partial charge in [0.2, 0.25) is 5.91 Å². The quantitative estimate of drug-likeness (QED) is 0.430. The highest BCUT2D eigenvalue weighted by Gasteiger charge is 2.26. The minimum absolute atomic E-state index is 0.0472. The van der Waals surface area contributed by atoms with Gasteiger partial charge in [0.15, 0.2) is 17.4 Å². The summed E-state index contributed by atoms with van der Waals surface area (Å²) in [6.07, 6.45) is 6.30. The van der Waals surface area contributed by atoms with Crippen LogP contribution < -0.4 is 15.0 Å². The summed E-state index contributed by atoms with van der Waals surface area (Å²) in [5, 5.41) is 7.06. The summed E-state index contributed by atoms with van der Waals surface area (Å²) in [6, 6.07) is 5.02. The summed E-state index contributed by atoms with van der Waals surface area (Å²) in [4.78, 5) is 27.6. The molecule has 3 aromatic heterocycles. The summed E-state index contributed by atoms with van der Waals surface area (Å²) in [6.45, 7) is 5.35. The Hall–Kier alpha value is -4.15. The number of aryl methyl sites for hydroxylation is 1. The van der Waals surface area contributed by atoms with E-state index in [9.17, 15) is 13.6 Å². The van der Waals surface area contributed by atoms with Crippen LogP contribution >= 0.6 is 0 Å². The van der Waals surface area contributed by atoms with Crippen LogP contribution in [0.15, 0.2) is 42.9 Å². The third-order valence-corrected chi connectivity index (χ3v) is 6.00. The number of piperidine rings is 1. The fraction of sp³-hybridized carbons (Fsp3) is 0.320. The number of nitrogens with one attached hydrogen (secondary N) is 1. The normalized spacial score (nSPS) is 14.3. The highest BCUT2D eigenvalue weighted by molar-refractivity contribution is 5.90. The predicted molar refractivity (Wildman–Crippen MR) is 131 cm³/mol. The van der Waals surface area contributed by atoms with E-state index >= 15 is 0 Å². The average Bonchev–Trinajstić information content (AvgIpc) is 3.34. The lowest BCUT2D eigenvalue weighted by Crippen LogP contribution is -2.39. The van der Waals surface area contributed by atoms with E-state index in [0.29, 0.717) is 54.3 Å². The molecule has 1 amide bonds. The molecule has 186 valence electrons. The van der Waals surface area contributed by atoms with Gasteiger partial charge in [-0.05, 0) is 19.1 Å². The molecule has 5 rings (SSSR count). The first-order chi connectivity index (χ1) is 17.4. The Morgan fingerprint density at radius 2 is 1.94 bits per heavy atom. The molecule has 36 heavy (non-hydrogen) atoms. The van der Waals surface area contributed by atoms with Crippen molar-refractivity contribution in [2.24, 2.45) is 0 Å². The van der Waals surface area contributed by atoms with Gasteiger partial charge in [-0.3, -0.25) is 9.48 Å². The number of ether oxygens (including phenoxy) is 1. The number of nitrogens with zero attached hydrogens (tertiary/aromatic N) is 6. The molecule has 0 saturated carbocycles. The molecular formula is C25H25F2N7O2. The van der Waals surface area contributed by atoms with Crippen molar-refractivity contribution in [2.45, 2.75) is 39.3 Å². The lowest BCUT2D eigenvalue weighted by Gasteiger charge is -2.33.